The number of rotatable bonds is 15. The number of nitrogens with two attached hydrogens (primary N) is 1. The molecular formula is C28H39N15O5. The molecular weight excluding hydrogens is 626 g/mol. The lowest BCUT2D eigenvalue weighted by Crippen LogP contribution is -2.31. The monoisotopic (exact) mass is 665 g/mol. The number of carbonyl (C=O) groups excluding carboxylic acids is 5. The maximum atomic E-state index is 13.1. The van der Waals surface area contributed by atoms with Gasteiger partial charge in [0.15, 0.2) is 17.5 Å². The van der Waals surface area contributed by atoms with Gasteiger partial charge in [0.25, 0.3) is 23.6 Å². The fraction of sp³-hybridized carbons (Fsp3) is 0.393. The molecule has 0 bridgehead atoms. The molecule has 0 aliphatic rings. The smallest absolute Gasteiger partial charge is 0.292 e. The van der Waals surface area contributed by atoms with Crippen molar-refractivity contribution >= 4 is 52.8 Å². The van der Waals surface area contributed by atoms with Gasteiger partial charge < -0.3 is 55.9 Å². The molecule has 0 spiro atoms. The minimum absolute atomic E-state index is 0.0274. The first-order valence-corrected chi connectivity index (χ1v) is 15.0. The molecule has 0 atom stereocenters. The first-order chi connectivity index (χ1) is 22.9. The summed E-state index contributed by atoms with van der Waals surface area (Å²) in [4.78, 5) is 79.9. The van der Waals surface area contributed by atoms with Crippen LogP contribution < -0.4 is 37.6 Å². The van der Waals surface area contributed by atoms with E-state index >= 15 is 0 Å². The zero-order valence-corrected chi connectivity index (χ0v) is 27.2. The van der Waals surface area contributed by atoms with E-state index < -0.39 is 23.6 Å². The second kappa shape index (κ2) is 15.5. The topological polar surface area (TPSA) is 255 Å². The quantitative estimate of drug-likeness (QED) is 0.0789. The van der Waals surface area contributed by atoms with Crippen molar-refractivity contribution in [2.24, 2.45) is 33.9 Å². The van der Waals surface area contributed by atoms with Crippen LogP contribution in [-0.4, -0.2) is 93.9 Å². The van der Waals surface area contributed by atoms with E-state index in [-0.39, 0.29) is 59.6 Å². The van der Waals surface area contributed by atoms with E-state index in [0.717, 1.165) is 6.42 Å². The maximum absolute atomic E-state index is 13.1. The molecule has 0 aliphatic carbocycles. The average molecular weight is 666 g/mol. The highest BCUT2D eigenvalue weighted by Crippen LogP contribution is 2.15. The van der Waals surface area contributed by atoms with Crippen molar-refractivity contribution in [1.82, 2.24) is 48.8 Å². The normalized spacial score (nSPS) is 10.8. The summed E-state index contributed by atoms with van der Waals surface area (Å²) < 4.78 is 5.82. The number of aryl methyl sites for hydroxylation is 4. The minimum Gasteiger partial charge on any atom is -0.369 e. The fourth-order valence-corrected chi connectivity index (χ4v) is 4.46. The van der Waals surface area contributed by atoms with Gasteiger partial charge in [-0.05, 0) is 19.9 Å². The van der Waals surface area contributed by atoms with E-state index in [2.05, 4.69) is 51.8 Å². The first kappa shape index (κ1) is 34.8. The Balaban J connectivity index is 1.35. The number of imidazole rings is 4. The average Bonchev–Trinajstić information content (AvgIpc) is 3.78. The highest BCUT2D eigenvalue weighted by molar-refractivity contribution is 6.05. The van der Waals surface area contributed by atoms with E-state index in [4.69, 9.17) is 5.73 Å². The van der Waals surface area contributed by atoms with E-state index in [1.54, 1.807) is 45.9 Å². The maximum Gasteiger partial charge on any atom is 0.292 e. The van der Waals surface area contributed by atoms with Crippen LogP contribution in [0, 0.1) is 0 Å². The first-order valence-electron chi connectivity index (χ1n) is 15.0. The van der Waals surface area contributed by atoms with Crippen LogP contribution in [0.1, 0.15) is 62.2 Å². The Morgan fingerprint density at radius 2 is 1.00 bits per heavy atom. The zero-order valence-electron chi connectivity index (χ0n) is 27.2. The molecule has 0 aromatic carbocycles. The van der Waals surface area contributed by atoms with Crippen molar-refractivity contribution in [3.8, 4) is 0 Å². The Morgan fingerprint density at radius 3 is 1.42 bits per heavy atom. The number of nitrogens with one attached hydrogen (secondary N) is 6. The predicted octanol–water partition coefficient (Wildman–Crippen LogP) is -0.606. The zero-order chi connectivity index (χ0) is 35.0. The summed E-state index contributed by atoms with van der Waals surface area (Å²) in [6.07, 6.45) is 6.90. The molecule has 4 aromatic heterocycles. The summed E-state index contributed by atoms with van der Waals surface area (Å²) in [6, 6.07) is 0. The van der Waals surface area contributed by atoms with Crippen molar-refractivity contribution in [1.29, 1.82) is 0 Å². The number of anilines is 4. The number of hydrogen-bond donors (Lipinski definition) is 7. The lowest BCUT2D eigenvalue weighted by atomic mass is 10.4. The van der Waals surface area contributed by atoms with Gasteiger partial charge in [-0.15, -0.1) is 0 Å². The predicted molar refractivity (Wildman–Crippen MR) is 174 cm³/mol. The van der Waals surface area contributed by atoms with Crippen LogP contribution >= 0.6 is 0 Å². The van der Waals surface area contributed by atoms with Crippen molar-refractivity contribution in [3.05, 3.63) is 48.1 Å². The third kappa shape index (κ3) is 8.60. The van der Waals surface area contributed by atoms with Crippen LogP contribution in [0.5, 0.6) is 0 Å². The molecule has 8 N–H and O–H groups in total. The highest BCUT2D eigenvalue weighted by atomic mass is 16.2. The van der Waals surface area contributed by atoms with Crippen LogP contribution in [0.4, 0.5) is 23.3 Å². The molecule has 5 amide bonds. The summed E-state index contributed by atoms with van der Waals surface area (Å²) in [5.41, 5.74) is 5.51. The molecule has 0 aliphatic heterocycles. The summed E-state index contributed by atoms with van der Waals surface area (Å²) in [5, 5.41) is 16.2. The SMILES string of the molecule is CCNC(=O)CCNC(=O)c1nc(NC(=O)c2nc(NC(=O)c3nc(NC(=O)c4nc(NCCCN)cn4C)cn3C)cn2C)cn1C. The summed E-state index contributed by atoms with van der Waals surface area (Å²) in [5.74, 6) is -1.61. The number of hydrogen-bond acceptors (Lipinski definition) is 11. The van der Waals surface area contributed by atoms with Crippen molar-refractivity contribution in [3.63, 3.8) is 0 Å². The Labute approximate surface area is 274 Å². The van der Waals surface area contributed by atoms with E-state index in [9.17, 15) is 24.0 Å². The van der Waals surface area contributed by atoms with Crippen LogP contribution in [-0.2, 0) is 33.0 Å². The molecule has 0 radical (unpaired) electrons. The van der Waals surface area contributed by atoms with Crippen LogP contribution in [0.25, 0.3) is 0 Å². The molecule has 4 heterocycles. The number of aromatic nitrogens is 8. The standard InChI is InChI=1S/C28H39N15O5/c1-6-30-20(44)8-11-32-25(45)21-34-17(13-41(21)3)37-27(47)23-36-19(15-43(23)5)39-28(48)24-35-18(14-42(24)4)38-26(46)22-33-16(12-40(22)2)31-10-7-9-29/h12-15,31H,6-11,29H2,1-5H3,(H,30,44)(H,32,45)(H,37,47)(H,38,46)(H,39,48). The lowest BCUT2D eigenvalue weighted by Gasteiger charge is -2.05. The Morgan fingerprint density at radius 1 is 0.604 bits per heavy atom. The minimum atomic E-state index is -0.645. The van der Waals surface area contributed by atoms with Gasteiger partial charge in [0.05, 0.1) is 0 Å². The Kier molecular flexibility index (Phi) is 11.2. The van der Waals surface area contributed by atoms with Crippen LogP contribution in [0.2, 0.25) is 0 Å². The van der Waals surface area contributed by atoms with E-state index in [1.807, 2.05) is 0 Å². The molecule has 0 saturated carbocycles. The van der Waals surface area contributed by atoms with Gasteiger partial charge in [-0.3, -0.25) is 24.0 Å². The second-order valence-corrected chi connectivity index (χ2v) is 10.6. The number of nitrogens with zero attached hydrogens (tertiary/aromatic N) is 8. The molecule has 0 fully saturated rings. The van der Waals surface area contributed by atoms with Gasteiger partial charge in [0, 0.05) is 79.0 Å². The van der Waals surface area contributed by atoms with Gasteiger partial charge in [-0.1, -0.05) is 0 Å². The molecule has 0 saturated heterocycles. The molecule has 48 heavy (non-hydrogen) atoms. The van der Waals surface area contributed by atoms with Crippen molar-refractivity contribution in [2.45, 2.75) is 19.8 Å². The molecule has 0 unspecified atom stereocenters. The second-order valence-electron chi connectivity index (χ2n) is 10.6. The largest absolute Gasteiger partial charge is 0.369 e. The van der Waals surface area contributed by atoms with Crippen LogP contribution in [0.3, 0.4) is 0 Å². The van der Waals surface area contributed by atoms with E-state index in [1.165, 1.54) is 32.3 Å². The fourth-order valence-electron chi connectivity index (χ4n) is 4.46. The highest BCUT2D eigenvalue weighted by Gasteiger charge is 2.22. The lowest BCUT2D eigenvalue weighted by molar-refractivity contribution is -0.120. The van der Waals surface area contributed by atoms with Gasteiger partial charge in [-0.2, -0.15) is 0 Å². The summed E-state index contributed by atoms with van der Waals surface area (Å²) in [7, 11) is 6.41. The third-order valence-corrected chi connectivity index (χ3v) is 6.74. The van der Waals surface area contributed by atoms with Gasteiger partial charge in [0.1, 0.15) is 5.82 Å². The van der Waals surface area contributed by atoms with Crippen LogP contribution in [0.15, 0.2) is 24.8 Å². The molecule has 20 heteroatoms. The third-order valence-electron chi connectivity index (χ3n) is 6.74. The Bertz CT molecular complexity index is 1810. The molecule has 20 nitrogen and oxygen atoms in total. The Hall–Kier alpha value is -6.05. The van der Waals surface area contributed by atoms with Gasteiger partial charge in [0.2, 0.25) is 29.2 Å². The molecule has 4 rings (SSSR count). The molecule has 256 valence electrons. The van der Waals surface area contributed by atoms with Crippen molar-refractivity contribution in [2.75, 3.05) is 47.4 Å². The summed E-state index contributed by atoms with van der Waals surface area (Å²) in [6.45, 7) is 3.56. The van der Waals surface area contributed by atoms with Crippen molar-refractivity contribution < 1.29 is 24.0 Å². The summed E-state index contributed by atoms with van der Waals surface area (Å²) >= 11 is 0. The van der Waals surface area contributed by atoms with E-state index in [0.29, 0.717) is 25.5 Å². The number of carbonyl (C=O) groups is 5. The van der Waals surface area contributed by atoms with Gasteiger partial charge in [-0.25, -0.2) is 19.9 Å². The number of amides is 5. The molecule has 4 aromatic rings. The van der Waals surface area contributed by atoms with Gasteiger partial charge >= 0.3 is 0 Å².